The Hall–Kier alpha value is -1.86. The highest BCUT2D eigenvalue weighted by Crippen LogP contribution is 2.17. The van der Waals surface area contributed by atoms with Gasteiger partial charge in [0.15, 0.2) is 5.03 Å². The number of nitrogens with two attached hydrogens (primary N) is 1. The minimum absolute atomic E-state index is 0.0608. The van der Waals surface area contributed by atoms with Gasteiger partial charge in [-0.15, -0.1) is 0 Å². The first-order valence-corrected chi connectivity index (χ1v) is 7.83. The van der Waals surface area contributed by atoms with Gasteiger partial charge in [-0.05, 0) is 24.6 Å². The van der Waals surface area contributed by atoms with Gasteiger partial charge in [0.2, 0.25) is 0 Å². The normalized spacial score (nSPS) is 13.2. The van der Waals surface area contributed by atoms with Crippen LogP contribution >= 0.6 is 0 Å². The van der Waals surface area contributed by atoms with Crippen LogP contribution in [0.4, 0.5) is 5.69 Å². The number of aromatic nitrogens is 2. The van der Waals surface area contributed by atoms with E-state index in [1.807, 2.05) is 13.8 Å². The van der Waals surface area contributed by atoms with Gasteiger partial charge >= 0.3 is 0 Å². The van der Waals surface area contributed by atoms with Crippen LogP contribution in [-0.4, -0.2) is 18.4 Å². The van der Waals surface area contributed by atoms with Crippen molar-refractivity contribution in [1.82, 2.24) is 9.97 Å². The van der Waals surface area contributed by atoms with E-state index in [2.05, 4.69) is 14.7 Å². The molecule has 0 saturated carbocycles. The number of aromatic amines is 1. The van der Waals surface area contributed by atoms with Crippen LogP contribution in [0.1, 0.15) is 31.3 Å². The first kappa shape index (κ1) is 14.5. The molecule has 0 aliphatic rings. The van der Waals surface area contributed by atoms with Crippen LogP contribution in [0.25, 0.3) is 0 Å². The van der Waals surface area contributed by atoms with Crippen LogP contribution in [0.2, 0.25) is 0 Å². The summed E-state index contributed by atoms with van der Waals surface area (Å²) < 4.78 is 26.8. The quantitative estimate of drug-likeness (QED) is 0.782. The van der Waals surface area contributed by atoms with E-state index in [-0.39, 0.29) is 11.1 Å². The van der Waals surface area contributed by atoms with Crippen molar-refractivity contribution < 1.29 is 8.42 Å². The highest BCUT2D eigenvalue weighted by molar-refractivity contribution is 7.92. The number of nitrogens with one attached hydrogen (secondary N) is 2. The van der Waals surface area contributed by atoms with Gasteiger partial charge in [-0.1, -0.05) is 19.1 Å². The molecule has 1 unspecified atom stereocenters. The van der Waals surface area contributed by atoms with E-state index in [0.717, 1.165) is 5.56 Å². The number of hydrogen-bond donors (Lipinski definition) is 3. The number of imidazole rings is 1. The molecular weight excluding hydrogens is 276 g/mol. The van der Waals surface area contributed by atoms with Gasteiger partial charge in [0.1, 0.15) is 5.82 Å². The van der Waals surface area contributed by atoms with Crippen LogP contribution in [-0.2, 0) is 16.4 Å². The van der Waals surface area contributed by atoms with Crippen LogP contribution in [0.15, 0.2) is 35.5 Å². The molecule has 6 nitrogen and oxygen atoms in total. The molecule has 20 heavy (non-hydrogen) atoms. The molecule has 2 rings (SSSR count). The average molecular weight is 294 g/mol. The summed E-state index contributed by atoms with van der Waals surface area (Å²) in [6, 6.07) is 6.89. The van der Waals surface area contributed by atoms with Crippen molar-refractivity contribution >= 4 is 15.7 Å². The molecule has 4 N–H and O–H groups in total. The summed E-state index contributed by atoms with van der Waals surface area (Å²) in [5.41, 5.74) is 7.18. The molecule has 1 aromatic heterocycles. The molecule has 108 valence electrons. The monoisotopic (exact) mass is 294 g/mol. The maximum absolute atomic E-state index is 12.1. The second-order valence-corrected chi connectivity index (χ2v) is 6.21. The Morgan fingerprint density at radius 2 is 2.00 bits per heavy atom. The maximum Gasteiger partial charge on any atom is 0.278 e. The molecule has 0 aliphatic heterocycles. The zero-order chi connectivity index (χ0) is 14.8. The standard InChI is InChI=1S/C13H18N4O2S/c1-3-12-15-8-13(16-12)20(18,19)17-11-6-4-10(5-7-11)9(2)14/h4-9,17H,3,14H2,1-2H3,(H,15,16). The smallest absolute Gasteiger partial charge is 0.278 e. The van der Waals surface area contributed by atoms with Crippen molar-refractivity contribution in [3.63, 3.8) is 0 Å². The topological polar surface area (TPSA) is 101 Å². The van der Waals surface area contributed by atoms with Crippen LogP contribution in [0.5, 0.6) is 0 Å². The number of aryl methyl sites for hydroxylation is 1. The SMILES string of the molecule is CCc1ncc(S(=O)(=O)Nc2ccc(C(C)N)cc2)[nH]1. The number of anilines is 1. The molecule has 0 aliphatic carbocycles. The minimum atomic E-state index is -3.63. The summed E-state index contributed by atoms with van der Waals surface area (Å²) in [5, 5.41) is 0.0608. The molecule has 1 aromatic carbocycles. The second kappa shape index (κ2) is 5.64. The van der Waals surface area contributed by atoms with E-state index in [1.54, 1.807) is 24.3 Å². The van der Waals surface area contributed by atoms with Gasteiger partial charge in [0.05, 0.1) is 6.20 Å². The Balaban J connectivity index is 2.19. The number of nitrogens with zero attached hydrogens (tertiary/aromatic N) is 1. The van der Waals surface area contributed by atoms with Gasteiger partial charge in [-0.25, -0.2) is 4.98 Å². The second-order valence-electron chi connectivity index (χ2n) is 4.56. The Bertz CT molecular complexity index is 675. The lowest BCUT2D eigenvalue weighted by Crippen LogP contribution is -2.13. The molecule has 0 bridgehead atoms. The van der Waals surface area contributed by atoms with E-state index in [4.69, 9.17) is 5.73 Å². The molecule has 2 aromatic rings. The maximum atomic E-state index is 12.1. The summed E-state index contributed by atoms with van der Waals surface area (Å²) in [6.45, 7) is 3.77. The van der Waals surface area contributed by atoms with Gasteiger partial charge in [-0.3, -0.25) is 4.72 Å². The van der Waals surface area contributed by atoms with Gasteiger partial charge in [0.25, 0.3) is 10.0 Å². The largest absolute Gasteiger partial charge is 0.332 e. The molecule has 0 saturated heterocycles. The van der Waals surface area contributed by atoms with Crippen molar-refractivity contribution in [2.75, 3.05) is 4.72 Å². The fraction of sp³-hybridized carbons (Fsp3) is 0.308. The Morgan fingerprint density at radius 3 is 2.50 bits per heavy atom. The van der Waals surface area contributed by atoms with Gasteiger partial charge in [-0.2, -0.15) is 8.42 Å². The van der Waals surface area contributed by atoms with E-state index in [0.29, 0.717) is 17.9 Å². The third-order valence-corrected chi connectivity index (χ3v) is 4.21. The van der Waals surface area contributed by atoms with E-state index < -0.39 is 10.0 Å². The zero-order valence-electron chi connectivity index (χ0n) is 11.4. The molecule has 0 radical (unpaired) electrons. The Morgan fingerprint density at radius 1 is 1.35 bits per heavy atom. The van der Waals surface area contributed by atoms with Gasteiger partial charge < -0.3 is 10.7 Å². The first-order chi connectivity index (χ1) is 9.42. The third-order valence-electron chi connectivity index (χ3n) is 2.92. The van der Waals surface area contributed by atoms with Crippen molar-refractivity contribution in [2.45, 2.75) is 31.3 Å². The van der Waals surface area contributed by atoms with Crippen molar-refractivity contribution in [1.29, 1.82) is 0 Å². The minimum Gasteiger partial charge on any atom is -0.332 e. The number of sulfonamides is 1. The molecule has 1 heterocycles. The zero-order valence-corrected chi connectivity index (χ0v) is 12.2. The first-order valence-electron chi connectivity index (χ1n) is 6.34. The highest BCUT2D eigenvalue weighted by atomic mass is 32.2. The molecule has 0 amide bonds. The van der Waals surface area contributed by atoms with Crippen LogP contribution in [0.3, 0.4) is 0 Å². The lowest BCUT2D eigenvalue weighted by Gasteiger charge is -2.09. The summed E-state index contributed by atoms with van der Waals surface area (Å²) in [5.74, 6) is 0.637. The average Bonchev–Trinajstić information content (AvgIpc) is 2.88. The summed E-state index contributed by atoms with van der Waals surface area (Å²) >= 11 is 0. The number of H-pyrrole nitrogens is 1. The molecule has 1 atom stereocenters. The third kappa shape index (κ3) is 3.17. The lowest BCUT2D eigenvalue weighted by molar-refractivity contribution is 0.598. The van der Waals surface area contributed by atoms with Crippen molar-refractivity contribution in [3.8, 4) is 0 Å². The number of rotatable bonds is 5. The Labute approximate surface area is 118 Å². The summed E-state index contributed by atoms with van der Waals surface area (Å²) in [7, 11) is -3.63. The van der Waals surface area contributed by atoms with E-state index in [1.165, 1.54) is 6.20 Å². The fourth-order valence-electron chi connectivity index (χ4n) is 1.72. The highest BCUT2D eigenvalue weighted by Gasteiger charge is 2.17. The predicted molar refractivity (Wildman–Crippen MR) is 77.8 cm³/mol. The van der Waals surface area contributed by atoms with E-state index in [9.17, 15) is 8.42 Å². The van der Waals surface area contributed by atoms with Crippen LogP contribution in [0, 0.1) is 0 Å². The molecule has 0 spiro atoms. The summed E-state index contributed by atoms with van der Waals surface area (Å²) in [4.78, 5) is 6.76. The Kier molecular flexibility index (Phi) is 4.10. The van der Waals surface area contributed by atoms with Crippen LogP contribution < -0.4 is 10.5 Å². The molecular formula is C13H18N4O2S. The van der Waals surface area contributed by atoms with Crippen molar-refractivity contribution in [2.24, 2.45) is 5.73 Å². The van der Waals surface area contributed by atoms with E-state index >= 15 is 0 Å². The predicted octanol–water partition coefficient (Wildman–Crippen LogP) is 1.79. The van der Waals surface area contributed by atoms with Crippen molar-refractivity contribution in [3.05, 3.63) is 41.9 Å². The lowest BCUT2D eigenvalue weighted by atomic mass is 10.1. The van der Waals surface area contributed by atoms with Gasteiger partial charge in [0, 0.05) is 18.2 Å². The molecule has 7 heteroatoms. The molecule has 0 fully saturated rings. The number of benzene rings is 1. The summed E-state index contributed by atoms with van der Waals surface area (Å²) in [6.07, 6.45) is 1.97. The number of hydrogen-bond acceptors (Lipinski definition) is 4. The fourth-order valence-corrected chi connectivity index (χ4v) is 2.72.